The van der Waals surface area contributed by atoms with E-state index in [1.807, 2.05) is 0 Å². The van der Waals surface area contributed by atoms with Crippen molar-refractivity contribution in [1.29, 1.82) is 0 Å². The molecule has 0 aromatic heterocycles. The quantitative estimate of drug-likeness (QED) is 0.448. The Hall–Kier alpha value is 0.340. The van der Waals surface area contributed by atoms with Gasteiger partial charge < -0.3 is 0 Å². The van der Waals surface area contributed by atoms with Gasteiger partial charge in [0, 0.05) is 6.42 Å². The van der Waals surface area contributed by atoms with Crippen molar-refractivity contribution in [2.45, 2.75) is 56.7 Å². The molecule has 0 aliphatic rings. The summed E-state index contributed by atoms with van der Waals surface area (Å²) in [6, 6.07) is 0. The van der Waals surface area contributed by atoms with Gasteiger partial charge in [-0.05, 0) is 22.4 Å². The number of halogens is 3. The van der Waals surface area contributed by atoms with Crippen LogP contribution in [-0.4, -0.2) is 4.83 Å². The Morgan fingerprint density at radius 2 is 1.50 bits per heavy atom. The lowest BCUT2D eigenvalue weighted by Crippen LogP contribution is -2.03. The maximum Gasteiger partial charge on any atom is 0.301 e. The Balaban J connectivity index is 3.01. The van der Waals surface area contributed by atoms with E-state index in [0.29, 0.717) is 6.42 Å². The average molecular weight is 243 g/mol. The maximum absolute atomic E-state index is 12.2. The summed E-state index contributed by atoms with van der Waals surface area (Å²) in [5.41, 5.74) is 0. The zero-order valence-electron chi connectivity index (χ0n) is 7.58. The monoisotopic (exact) mass is 242 g/mol. The third kappa shape index (κ3) is 10.3. The molecule has 3 heteroatoms. The van der Waals surface area contributed by atoms with Crippen molar-refractivity contribution in [2.75, 3.05) is 0 Å². The number of unbranched alkanes of at least 4 members (excludes halogenated alkanes) is 5. The molecule has 0 N–H and O–H groups in total. The van der Waals surface area contributed by atoms with Gasteiger partial charge in [-0.1, -0.05) is 39.0 Å². The van der Waals surface area contributed by atoms with Gasteiger partial charge in [-0.3, -0.25) is 0 Å². The SMILES string of the molecule is CCCCCCCCC(F)(F)Br. The molecule has 0 nitrogen and oxygen atoms in total. The van der Waals surface area contributed by atoms with Crippen molar-refractivity contribution in [3.05, 3.63) is 0 Å². The fraction of sp³-hybridized carbons (Fsp3) is 1.00. The van der Waals surface area contributed by atoms with Gasteiger partial charge in [0.05, 0.1) is 0 Å². The van der Waals surface area contributed by atoms with E-state index in [9.17, 15) is 8.78 Å². The van der Waals surface area contributed by atoms with Crippen LogP contribution in [-0.2, 0) is 0 Å². The maximum atomic E-state index is 12.2. The van der Waals surface area contributed by atoms with Crippen LogP contribution in [0.3, 0.4) is 0 Å². The second-order valence-corrected chi connectivity index (χ2v) is 4.29. The Labute approximate surface area is 81.9 Å². The fourth-order valence-corrected chi connectivity index (χ4v) is 1.39. The third-order valence-electron chi connectivity index (χ3n) is 1.81. The summed E-state index contributed by atoms with van der Waals surface area (Å²) in [6.07, 6.45) is 6.24. The Morgan fingerprint density at radius 1 is 1.00 bits per heavy atom. The van der Waals surface area contributed by atoms with Crippen LogP contribution < -0.4 is 0 Å². The molecule has 0 heterocycles. The van der Waals surface area contributed by atoms with E-state index in [4.69, 9.17) is 0 Å². The summed E-state index contributed by atoms with van der Waals surface area (Å²) in [7, 11) is 0. The third-order valence-corrected chi connectivity index (χ3v) is 2.21. The van der Waals surface area contributed by atoms with E-state index in [1.165, 1.54) is 19.3 Å². The molecule has 0 aliphatic heterocycles. The molecule has 0 amide bonds. The van der Waals surface area contributed by atoms with Crippen LogP contribution in [0.5, 0.6) is 0 Å². The molecule has 0 aromatic carbocycles. The molecule has 12 heavy (non-hydrogen) atoms. The van der Waals surface area contributed by atoms with Gasteiger partial charge in [-0.25, -0.2) is 0 Å². The van der Waals surface area contributed by atoms with Gasteiger partial charge >= 0.3 is 4.83 Å². The molecule has 0 spiro atoms. The largest absolute Gasteiger partial charge is 0.301 e. The second kappa shape index (κ2) is 6.81. The molecule has 0 rings (SSSR count). The van der Waals surface area contributed by atoms with Crippen LogP contribution in [0.25, 0.3) is 0 Å². The van der Waals surface area contributed by atoms with E-state index < -0.39 is 4.83 Å². The van der Waals surface area contributed by atoms with Crippen LogP contribution in [0.15, 0.2) is 0 Å². The van der Waals surface area contributed by atoms with Crippen molar-refractivity contribution in [1.82, 2.24) is 0 Å². The zero-order chi connectivity index (χ0) is 9.45. The number of hydrogen-bond donors (Lipinski definition) is 0. The fourth-order valence-electron chi connectivity index (χ4n) is 1.11. The molecular weight excluding hydrogens is 226 g/mol. The summed E-state index contributed by atoms with van der Waals surface area (Å²) >= 11 is 2.33. The summed E-state index contributed by atoms with van der Waals surface area (Å²) < 4.78 is 24.4. The standard InChI is InChI=1S/C9H17BrF2/c1-2-3-4-5-6-7-8-9(10,11)12/h2-8H2,1H3. The van der Waals surface area contributed by atoms with Crippen molar-refractivity contribution >= 4 is 15.9 Å². The van der Waals surface area contributed by atoms with Crippen molar-refractivity contribution in [3.8, 4) is 0 Å². The molecule has 0 aromatic rings. The van der Waals surface area contributed by atoms with Gasteiger partial charge in [0.15, 0.2) is 0 Å². The molecule has 0 radical (unpaired) electrons. The first-order valence-corrected chi connectivity index (χ1v) is 5.42. The van der Waals surface area contributed by atoms with Gasteiger partial charge in [-0.15, -0.1) is 0 Å². The average Bonchev–Trinajstić information content (AvgIpc) is 1.94. The van der Waals surface area contributed by atoms with Crippen LogP contribution in [0.4, 0.5) is 8.78 Å². The Kier molecular flexibility index (Phi) is 7.01. The molecule has 0 bridgehead atoms. The lowest BCUT2D eigenvalue weighted by molar-refractivity contribution is 0.101. The predicted octanol–water partition coefficient (Wildman–Crippen LogP) is 4.72. The van der Waals surface area contributed by atoms with Crippen LogP contribution in [0.2, 0.25) is 0 Å². The lowest BCUT2D eigenvalue weighted by atomic mass is 10.1. The van der Waals surface area contributed by atoms with Gasteiger partial charge in [0.25, 0.3) is 0 Å². The van der Waals surface area contributed by atoms with Gasteiger partial charge in [0.1, 0.15) is 0 Å². The highest BCUT2D eigenvalue weighted by Crippen LogP contribution is 2.28. The van der Waals surface area contributed by atoms with Crippen LogP contribution >= 0.6 is 15.9 Å². The van der Waals surface area contributed by atoms with Crippen molar-refractivity contribution in [3.63, 3.8) is 0 Å². The zero-order valence-corrected chi connectivity index (χ0v) is 9.17. The molecule has 0 saturated heterocycles. The van der Waals surface area contributed by atoms with E-state index >= 15 is 0 Å². The van der Waals surface area contributed by atoms with E-state index in [2.05, 4.69) is 22.9 Å². The Morgan fingerprint density at radius 3 is 2.00 bits per heavy atom. The minimum atomic E-state index is -2.64. The summed E-state index contributed by atoms with van der Waals surface area (Å²) in [5.74, 6) is 0. The lowest BCUT2D eigenvalue weighted by Gasteiger charge is -2.06. The molecule has 0 fully saturated rings. The van der Waals surface area contributed by atoms with E-state index in [-0.39, 0.29) is 6.42 Å². The highest BCUT2D eigenvalue weighted by Gasteiger charge is 2.22. The van der Waals surface area contributed by atoms with Crippen LogP contribution in [0.1, 0.15) is 51.9 Å². The number of rotatable bonds is 7. The van der Waals surface area contributed by atoms with Crippen molar-refractivity contribution in [2.24, 2.45) is 0 Å². The molecular formula is C9H17BrF2. The normalized spacial score (nSPS) is 12.0. The predicted molar refractivity (Wildman–Crippen MR) is 51.9 cm³/mol. The van der Waals surface area contributed by atoms with Crippen molar-refractivity contribution < 1.29 is 8.78 Å². The summed E-state index contributed by atoms with van der Waals surface area (Å²) in [6.45, 7) is 2.15. The van der Waals surface area contributed by atoms with E-state index in [0.717, 1.165) is 12.8 Å². The molecule has 0 saturated carbocycles. The minimum Gasteiger partial charge on any atom is -0.194 e. The first-order valence-electron chi connectivity index (χ1n) is 4.63. The first kappa shape index (κ1) is 12.3. The van der Waals surface area contributed by atoms with E-state index in [1.54, 1.807) is 0 Å². The topological polar surface area (TPSA) is 0 Å². The highest BCUT2D eigenvalue weighted by atomic mass is 79.9. The Bertz CT molecular complexity index is 99.2. The van der Waals surface area contributed by atoms with Gasteiger partial charge in [0.2, 0.25) is 0 Å². The molecule has 74 valence electrons. The highest BCUT2D eigenvalue weighted by molar-refractivity contribution is 9.09. The number of hydrogen-bond acceptors (Lipinski definition) is 0. The molecule has 0 atom stereocenters. The number of alkyl halides is 3. The smallest absolute Gasteiger partial charge is 0.194 e. The molecule has 0 unspecified atom stereocenters. The summed E-state index contributed by atoms with van der Waals surface area (Å²) in [5, 5.41) is 0. The second-order valence-electron chi connectivity index (χ2n) is 3.13. The summed E-state index contributed by atoms with van der Waals surface area (Å²) in [4.78, 5) is -2.64. The van der Waals surface area contributed by atoms with Gasteiger partial charge in [-0.2, -0.15) is 8.78 Å². The van der Waals surface area contributed by atoms with Crippen LogP contribution in [0, 0.1) is 0 Å². The minimum absolute atomic E-state index is 0.0286. The molecule has 0 aliphatic carbocycles. The first-order chi connectivity index (χ1) is 5.56.